The second-order valence-corrected chi connectivity index (χ2v) is 4.43. The Kier molecular flexibility index (Phi) is 2.91. The van der Waals surface area contributed by atoms with E-state index < -0.39 is 5.54 Å². The van der Waals surface area contributed by atoms with Gasteiger partial charge in [-0.25, -0.2) is 4.79 Å². The first-order chi connectivity index (χ1) is 7.58. The second-order valence-electron chi connectivity index (χ2n) is 3.99. The molecule has 3 nitrogen and oxygen atoms in total. The average Bonchev–Trinajstić information content (AvgIpc) is 2.58. The summed E-state index contributed by atoms with van der Waals surface area (Å²) >= 11 is 5.90. The topological polar surface area (TPSA) is 52.3 Å². The van der Waals surface area contributed by atoms with Gasteiger partial charge >= 0.3 is 5.97 Å². The predicted molar refractivity (Wildman–Crippen MR) is 62.3 cm³/mol. The summed E-state index contributed by atoms with van der Waals surface area (Å²) in [6.45, 7) is 2.12. The maximum atomic E-state index is 11.8. The first kappa shape index (κ1) is 11.4. The molecule has 1 aromatic rings. The van der Waals surface area contributed by atoms with Gasteiger partial charge in [0.25, 0.3) is 0 Å². The molecule has 1 aromatic carbocycles. The Morgan fingerprint density at radius 3 is 3.06 bits per heavy atom. The van der Waals surface area contributed by atoms with Gasteiger partial charge in [-0.3, -0.25) is 0 Å². The molecule has 4 heteroatoms. The van der Waals surface area contributed by atoms with Crippen molar-refractivity contribution in [2.75, 3.05) is 6.61 Å². The quantitative estimate of drug-likeness (QED) is 0.804. The molecular formula is C12H14ClNO2. The molecule has 1 atom stereocenters. The smallest absolute Gasteiger partial charge is 0.330 e. The number of esters is 1. The Bertz CT molecular complexity index is 433. The van der Waals surface area contributed by atoms with Crippen molar-refractivity contribution in [1.82, 2.24) is 0 Å². The fourth-order valence-corrected chi connectivity index (χ4v) is 2.34. The zero-order valence-electron chi connectivity index (χ0n) is 9.13. The lowest BCUT2D eigenvalue weighted by Crippen LogP contribution is -2.44. The first-order valence-electron chi connectivity index (χ1n) is 5.33. The molecule has 0 bridgehead atoms. The molecule has 0 saturated heterocycles. The van der Waals surface area contributed by atoms with Gasteiger partial charge < -0.3 is 10.5 Å². The third-order valence-electron chi connectivity index (χ3n) is 2.98. The highest BCUT2D eigenvalue weighted by Crippen LogP contribution is 2.37. The van der Waals surface area contributed by atoms with Crippen molar-refractivity contribution < 1.29 is 9.53 Å². The van der Waals surface area contributed by atoms with E-state index >= 15 is 0 Å². The van der Waals surface area contributed by atoms with Gasteiger partial charge in [0.1, 0.15) is 5.54 Å². The molecule has 2 N–H and O–H groups in total. The van der Waals surface area contributed by atoms with Crippen molar-refractivity contribution in [3.05, 3.63) is 34.3 Å². The molecule has 0 aromatic heterocycles. The van der Waals surface area contributed by atoms with Gasteiger partial charge in [-0.15, -0.1) is 0 Å². The van der Waals surface area contributed by atoms with Crippen molar-refractivity contribution in [1.29, 1.82) is 0 Å². The standard InChI is InChI=1S/C12H14ClNO2/c1-2-16-11(15)12(14)6-5-8-7-9(13)3-4-10(8)12/h3-4,7H,2,5-6,14H2,1H3/t12-/m1/s1. The van der Waals surface area contributed by atoms with Gasteiger partial charge in [-0.2, -0.15) is 0 Å². The van der Waals surface area contributed by atoms with Crippen molar-refractivity contribution >= 4 is 17.6 Å². The SMILES string of the molecule is CCOC(=O)[C@@]1(N)CCc2cc(Cl)ccc21. The highest BCUT2D eigenvalue weighted by Gasteiger charge is 2.43. The lowest BCUT2D eigenvalue weighted by Gasteiger charge is -2.22. The van der Waals surface area contributed by atoms with E-state index in [1.807, 2.05) is 12.1 Å². The number of nitrogens with two attached hydrogens (primary N) is 1. The molecule has 16 heavy (non-hydrogen) atoms. The van der Waals surface area contributed by atoms with E-state index in [1.54, 1.807) is 13.0 Å². The zero-order valence-corrected chi connectivity index (χ0v) is 9.88. The zero-order chi connectivity index (χ0) is 11.8. The number of rotatable bonds is 2. The highest BCUT2D eigenvalue weighted by atomic mass is 35.5. The maximum Gasteiger partial charge on any atom is 0.330 e. The summed E-state index contributed by atoms with van der Waals surface area (Å²) in [5.74, 6) is -0.351. The van der Waals surface area contributed by atoms with Crippen molar-refractivity contribution in [2.45, 2.75) is 25.3 Å². The van der Waals surface area contributed by atoms with Crippen LogP contribution in [0.3, 0.4) is 0 Å². The molecule has 0 fully saturated rings. The minimum Gasteiger partial charge on any atom is -0.464 e. The number of aryl methyl sites for hydroxylation is 1. The fraction of sp³-hybridized carbons (Fsp3) is 0.417. The molecule has 86 valence electrons. The van der Waals surface area contributed by atoms with Crippen LogP contribution in [0.15, 0.2) is 18.2 Å². The number of ether oxygens (including phenoxy) is 1. The van der Waals surface area contributed by atoms with Gasteiger partial charge in [-0.1, -0.05) is 17.7 Å². The van der Waals surface area contributed by atoms with E-state index in [2.05, 4.69) is 0 Å². The Hall–Kier alpha value is -1.06. The van der Waals surface area contributed by atoms with Crippen molar-refractivity contribution in [3.8, 4) is 0 Å². The van der Waals surface area contributed by atoms with Crippen LogP contribution >= 0.6 is 11.6 Å². The second kappa shape index (κ2) is 4.07. The van der Waals surface area contributed by atoms with Crippen LogP contribution in [-0.2, 0) is 21.5 Å². The van der Waals surface area contributed by atoms with Crippen molar-refractivity contribution in [2.24, 2.45) is 5.73 Å². The first-order valence-corrected chi connectivity index (χ1v) is 5.70. The minimum absolute atomic E-state index is 0.348. The Labute approximate surface area is 99.5 Å². The molecule has 0 saturated carbocycles. The molecule has 0 unspecified atom stereocenters. The third-order valence-corrected chi connectivity index (χ3v) is 3.21. The Morgan fingerprint density at radius 1 is 1.62 bits per heavy atom. The molecule has 0 spiro atoms. The largest absolute Gasteiger partial charge is 0.464 e. The number of hydrogen-bond acceptors (Lipinski definition) is 3. The normalized spacial score (nSPS) is 22.9. The van der Waals surface area contributed by atoms with Crippen LogP contribution in [0.5, 0.6) is 0 Å². The minimum atomic E-state index is -0.990. The van der Waals surface area contributed by atoms with Gasteiger partial charge in [0.05, 0.1) is 6.61 Å². The number of carbonyl (C=O) groups excluding carboxylic acids is 1. The van der Waals surface area contributed by atoms with E-state index in [1.165, 1.54) is 0 Å². The van der Waals surface area contributed by atoms with Crippen LogP contribution in [0.2, 0.25) is 5.02 Å². The molecule has 1 aliphatic carbocycles. The summed E-state index contributed by atoms with van der Waals surface area (Å²) in [5.41, 5.74) is 7.03. The molecule has 2 rings (SSSR count). The Morgan fingerprint density at radius 2 is 2.38 bits per heavy atom. The van der Waals surface area contributed by atoms with Crippen LogP contribution in [0, 0.1) is 0 Å². The maximum absolute atomic E-state index is 11.8. The van der Waals surface area contributed by atoms with Crippen LogP contribution in [0.25, 0.3) is 0 Å². The van der Waals surface area contributed by atoms with Crippen LogP contribution < -0.4 is 5.73 Å². The van der Waals surface area contributed by atoms with E-state index in [-0.39, 0.29) is 5.97 Å². The van der Waals surface area contributed by atoms with Gasteiger partial charge in [-0.05, 0) is 43.0 Å². The molecule has 0 amide bonds. The van der Waals surface area contributed by atoms with Crippen LogP contribution in [-0.4, -0.2) is 12.6 Å². The summed E-state index contributed by atoms with van der Waals surface area (Å²) < 4.78 is 5.02. The predicted octanol–water partition coefficient (Wildman–Crippen LogP) is 2.00. The van der Waals surface area contributed by atoms with Crippen molar-refractivity contribution in [3.63, 3.8) is 0 Å². The highest BCUT2D eigenvalue weighted by molar-refractivity contribution is 6.30. The van der Waals surface area contributed by atoms with E-state index in [0.717, 1.165) is 17.5 Å². The summed E-state index contributed by atoms with van der Waals surface area (Å²) in [5, 5.41) is 0.673. The monoisotopic (exact) mass is 239 g/mol. The summed E-state index contributed by atoms with van der Waals surface area (Å²) in [4.78, 5) is 11.8. The molecule has 1 aliphatic rings. The third kappa shape index (κ3) is 1.70. The fourth-order valence-electron chi connectivity index (χ4n) is 2.14. The summed E-state index contributed by atoms with van der Waals surface area (Å²) in [6.07, 6.45) is 1.35. The summed E-state index contributed by atoms with van der Waals surface area (Å²) in [6, 6.07) is 5.44. The lowest BCUT2D eigenvalue weighted by atomic mass is 9.93. The van der Waals surface area contributed by atoms with Crippen LogP contribution in [0.4, 0.5) is 0 Å². The molecule has 0 radical (unpaired) electrons. The molecule has 0 heterocycles. The number of halogens is 1. The number of benzene rings is 1. The lowest BCUT2D eigenvalue weighted by molar-refractivity contribution is -0.150. The number of carbonyl (C=O) groups is 1. The van der Waals surface area contributed by atoms with Gasteiger partial charge in [0.15, 0.2) is 0 Å². The van der Waals surface area contributed by atoms with Gasteiger partial charge in [0, 0.05) is 5.02 Å². The Balaban J connectivity index is 2.38. The molecule has 0 aliphatic heterocycles. The number of hydrogen-bond donors (Lipinski definition) is 1. The molecular weight excluding hydrogens is 226 g/mol. The van der Waals surface area contributed by atoms with E-state index in [0.29, 0.717) is 18.1 Å². The van der Waals surface area contributed by atoms with E-state index in [9.17, 15) is 4.79 Å². The average molecular weight is 240 g/mol. The van der Waals surface area contributed by atoms with Crippen LogP contribution in [0.1, 0.15) is 24.5 Å². The number of fused-ring (bicyclic) bond motifs is 1. The summed E-state index contributed by atoms with van der Waals surface area (Å²) in [7, 11) is 0. The van der Waals surface area contributed by atoms with Gasteiger partial charge in [0.2, 0.25) is 0 Å². The van der Waals surface area contributed by atoms with E-state index in [4.69, 9.17) is 22.1 Å².